The molecule has 6 heteroatoms. The van der Waals surface area contributed by atoms with Crippen LogP contribution in [0.2, 0.25) is 0 Å². The van der Waals surface area contributed by atoms with Crippen molar-refractivity contribution in [3.8, 4) is 0 Å². The number of alkyl halides is 1. The van der Waals surface area contributed by atoms with E-state index in [1.807, 2.05) is 0 Å². The van der Waals surface area contributed by atoms with Crippen LogP contribution in [-0.4, -0.2) is 26.1 Å². The minimum Gasteiger partial charge on any atom is -0.210 e. The Kier molecular flexibility index (Phi) is 4.27. The third-order valence-corrected chi connectivity index (χ3v) is 2.14. The van der Waals surface area contributed by atoms with Gasteiger partial charge in [0.1, 0.15) is 0 Å². The molecule has 4 nitrogen and oxygen atoms in total. The Balaban J connectivity index is 4.02. The maximum atomic E-state index is 10.5. The number of isocyanates is 1. The molecule has 0 heterocycles. The molecule has 0 aliphatic heterocycles. The Morgan fingerprint density at radius 1 is 1.50 bits per heavy atom. The molecular weight excluding hydrogens is 178 g/mol. The van der Waals surface area contributed by atoms with Crippen LogP contribution in [0.15, 0.2) is 4.40 Å². The number of halogens is 1. The Labute approximate surface area is 64.0 Å². The number of carbonyl (C=O) groups excluding carboxylic acids is 1. The van der Waals surface area contributed by atoms with Crippen molar-refractivity contribution in [1.29, 1.82) is 0 Å². The predicted octanol–water partition coefficient (Wildman–Crippen LogP) is 0.281. The lowest BCUT2D eigenvalue weighted by Gasteiger charge is -1.89. The highest BCUT2D eigenvalue weighted by Gasteiger charge is 2.05. The van der Waals surface area contributed by atoms with E-state index in [0.29, 0.717) is 6.42 Å². The average Bonchev–Trinajstić information content (AvgIpc) is 1.84. The summed E-state index contributed by atoms with van der Waals surface area (Å²) in [5.41, 5.74) is 0. The zero-order chi connectivity index (χ0) is 8.04. The second-order valence-corrected chi connectivity index (χ2v) is 3.64. The average molecular weight is 184 g/mol. The van der Waals surface area contributed by atoms with Gasteiger partial charge < -0.3 is 0 Å². The predicted molar refractivity (Wildman–Crippen MR) is 37.2 cm³/mol. The summed E-state index contributed by atoms with van der Waals surface area (Å²) in [4.78, 5) is 9.48. The lowest BCUT2D eigenvalue weighted by molar-refractivity contribution is 0.563. The van der Waals surface area contributed by atoms with Crippen LogP contribution < -0.4 is 0 Å². The van der Waals surface area contributed by atoms with E-state index in [1.54, 1.807) is 0 Å². The standard InChI is InChI=1S/C4H6ClNO3S/c5-2-1-3-10(8,9)6-4-7/h1-3H2. The molecule has 0 aromatic heterocycles. The van der Waals surface area contributed by atoms with Crippen molar-refractivity contribution in [2.45, 2.75) is 6.42 Å². The highest BCUT2D eigenvalue weighted by molar-refractivity contribution is 7.90. The molecule has 0 radical (unpaired) electrons. The Hall–Kier alpha value is -0.380. The van der Waals surface area contributed by atoms with Gasteiger partial charge in [0.2, 0.25) is 0 Å². The number of sulfonamides is 1. The fourth-order valence-corrected chi connectivity index (χ4v) is 1.35. The van der Waals surface area contributed by atoms with Gasteiger partial charge in [-0.05, 0) is 6.42 Å². The van der Waals surface area contributed by atoms with Gasteiger partial charge in [-0.2, -0.15) is 0 Å². The van der Waals surface area contributed by atoms with Crippen molar-refractivity contribution >= 4 is 27.7 Å². The van der Waals surface area contributed by atoms with Crippen LogP contribution in [0, 0.1) is 0 Å². The number of nitrogens with zero attached hydrogens (tertiary/aromatic N) is 1. The summed E-state index contributed by atoms with van der Waals surface area (Å²) >= 11 is 5.20. The molecule has 0 aromatic rings. The zero-order valence-corrected chi connectivity index (χ0v) is 6.65. The van der Waals surface area contributed by atoms with E-state index in [1.165, 1.54) is 0 Å². The van der Waals surface area contributed by atoms with Crippen LogP contribution >= 0.6 is 11.6 Å². The van der Waals surface area contributed by atoms with E-state index in [0.717, 1.165) is 6.08 Å². The maximum absolute atomic E-state index is 10.5. The number of hydrogen-bond acceptors (Lipinski definition) is 3. The monoisotopic (exact) mass is 183 g/mol. The smallest absolute Gasteiger partial charge is 0.210 e. The van der Waals surface area contributed by atoms with Gasteiger partial charge >= 0.3 is 0 Å². The third kappa shape index (κ3) is 4.49. The van der Waals surface area contributed by atoms with Crippen LogP contribution in [0.3, 0.4) is 0 Å². The normalized spacial score (nSPS) is 10.5. The van der Waals surface area contributed by atoms with Crippen LogP contribution in [0.5, 0.6) is 0 Å². The minimum absolute atomic E-state index is 0.189. The molecule has 0 N–H and O–H groups in total. The molecule has 0 aliphatic rings. The van der Waals surface area contributed by atoms with Crippen molar-refractivity contribution in [2.75, 3.05) is 11.6 Å². The fourth-order valence-electron chi connectivity index (χ4n) is 0.339. The molecule has 0 saturated heterocycles. The first kappa shape index (κ1) is 9.62. The van der Waals surface area contributed by atoms with Gasteiger partial charge in [0.15, 0.2) is 0 Å². The summed E-state index contributed by atoms with van der Waals surface area (Å²) in [7, 11) is -3.58. The van der Waals surface area contributed by atoms with Gasteiger partial charge in [-0.1, -0.05) is 4.40 Å². The molecule has 0 rings (SSSR count). The molecule has 0 atom stereocenters. The first-order valence-electron chi connectivity index (χ1n) is 2.50. The lowest BCUT2D eigenvalue weighted by Crippen LogP contribution is -2.02. The van der Waals surface area contributed by atoms with E-state index in [-0.39, 0.29) is 11.6 Å². The molecule has 0 amide bonds. The highest BCUT2D eigenvalue weighted by atomic mass is 35.5. The summed E-state index contributed by atoms with van der Waals surface area (Å²) in [6, 6.07) is 0. The van der Waals surface area contributed by atoms with Crippen LogP contribution in [0.1, 0.15) is 6.42 Å². The largest absolute Gasteiger partial charge is 0.263 e. The van der Waals surface area contributed by atoms with Crippen molar-refractivity contribution in [3.63, 3.8) is 0 Å². The second-order valence-electron chi connectivity index (χ2n) is 1.51. The Morgan fingerprint density at radius 3 is 2.50 bits per heavy atom. The number of rotatable bonds is 4. The van der Waals surface area contributed by atoms with E-state index < -0.39 is 10.0 Å². The molecule has 0 fully saturated rings. The highest BCUT2D eigenvalue weighted by Crippen LogP contribution is 1.95. The zero-order valence-electron chi connectivity index (χ0n) is 5.08. The summed E-state index contributed by atoms with van der Waals surface area (Å²) in [6.07, 6.45) is 1.26. The van der Waals surface area contributed by atoms with Gasteiger partial charge in [-0.15, -0.1) is 11.6 Å². The summed E-state index contributed by atoms with van der Waals surface area (Å²) in [5, 5.41) is 0. The second kappa shape index (κ2) is 4.44. The SMILES string of the molecule is O=C=NS(=O)(=O)CCCCl. The molecule has 0 saturated carbocycles. The van der Waals surface area contributed by atoms with Crippen molar-refractivity contribution in [2.24, 2.45) is 4.40 Å². The Bertz CT molecular complexity index is 229. The van der Waals surface area contributed by atoms with Crippen LogP contribution in [0.4, 0.5) is 0 Å². The van der Waals surface area contributed by atoms with Crippen molar-refractivity contribution in [3.05, 3.63) is 0 Å². The van der Waals surface area contributed by atoms with E-state index in [4.69, 9.17) is 11.6 Å². The first-order valence-corrected chi connectivity index (χ1v) is 4.64. The van der Waals surface area contributed by atoms with Crippen LogP contribution in [-0.2, 0) is 14.8 Å². The Morgan fingerprint density at radius 2 is 2.10 bits per heavy atom. The summed E-state index contributed by atoms with van der Waals surface area (Å²) in [6.45, 7) is 0. The van der Waals surface area contributed by atoms with E-state index in [2.05, 4.69) is 4.40 Å². The van der Waals surface area contributed by atoms with E-state index >= 15 is 0 Å². The molecule has 0 aromatic carbocycles. The molecule has 58 valence electrons. The summed E-state index contributed by atoms with van der Waals surface area (Å²) in [5.74, 6) is 0.0549. The summed E-state index contributed by atoms with van der Waals surface area (Å²) < 4.78 is 23.6. The van der Waals surface area contributed by atoms with Crippen LogP contribution in [0.25, 0.3) is 0 Å². The van der Waals surface area contributed by atoms with Crippen molar-refractivity contribution < 1.29 is 13.2 Å². The fraction of sp³-hybridized carbons (Fsp3) is 0.750. The third-order valence-electron chi connectivity index (χ3n) is 0.712. The minimum atomic E-state index is -3.58. The van der Waals surface area contributed by atoms with Crippen molar-refractivity contribution in [1.82, 2.24) is 0 Å². The van der Waals surface area contributed by atoms with E-state index in [9.17, 15) is 13.2 Å². The van der Waals surface area contributed by atoms with Gasteiger partial charge in [0.25, 0.3) is 16.1 Å². The topological polar surface area (TPSA) is 63.6 Å². The quantitative estimate of drug-likeness (QED) is 0.357. The first-order chi connectivity index (χ1) is 4.62. The van der Waals surface area contributed by atoms with Gasteiger partial charge in [-0.3, -0.25) is 0 Å². The number of hydrogen-bond donors (Lipinski definition) is 0. The molecule has 0 spiro atoms. The van der Waals surface area contributed by atoms with Gasteiger partial charge in [-0.25, -0.2) is 13.2 Å². The molecule has 0 bridgehead atoms. The van der Waals surface area contributed by atoms with Gasteiger partial charge in [0, 0.05) is 5.88 Å². The molecule has 0 unspecified atom stereocenters. The molecule has 10 heavy (non-hydrogen) atoms. The lowest BCUT2D eigenvalue weighted by atomic mass is 10.6. The molecule has 0 aliphatic carbocycles. The van der Waals surface area contributed by atoms with Gasteiger partial charge in [0.05, 0.1) is 5.75 Å². The maximum Gasteiger partial charge on any atom is 0.263 e. The molecular formula is C4H6ClNO3S.